The molecule has 7 heteroatoms. The third-order valence-electron chi connectivity index (χ3n) is 2.42. The van der Waals surface area contributed by atoms with E-state index in [0.29, 0.717) is 12.8 Å². The number of hydrogen-bond acceptors (Lipinski definition) is 2. The van der Waals surface area contributed by atoms with Crippen molar-refractivity contribution in [3.63, 3.8) is 0 Å². The lowest BCUT2D eigenvalue weighted by atomic mass is 9.92. The second-order valence-electron chi connectivity index (χ2n) is 3.49. The van der Waals surface area contributed by atoms with Gasteiger partial charge in [-0.2, -0.15) is 13.2 Å². The van der Waals surface area contributed by atoms with E-state index < -0.39 is 24.0 Å². The van der Waals surface area contributed by atoms with Gasteiger partial charge in [-0.15, -0.1) is 0 Å². The van der Waals surface area contributed by atoms with Crippen molar-refractivity contribution in [1.29, 1.82) is 0 Å². The van der Waals surface area contributed by atoms with E-state index in [1.165, 1.54) is 0 Å². The van der Waals surface area contributed by atoms with Crippen LogP contribution < -0.4 is 11.1 Å². The fourth-order valence-corrected chi connectivity index (χ4v) is 1.67. The molecule has 1 amide bonds. The van der Waals surface area contributed by atoms with Crippen molar-refractivity contribution >= 4 is 23.1 Å². The highest BCUT2D eigenvalue weighted by molar-refractivity contribution is 7.80. The van der Waals surface area contributed by atoms with Crippen molar-refractivity contribution in [2.45, 2.75) is 44.8 Å². The van der Waals surface area contributed by atoms with Crippen molar-refractivity contribution in [3.05, 3.63) is 0 Å². The number of nitrogens with two attached hydrogens (primary N) is 1. The van der Waals surface area contributed by atoms with Crippen LogP contribution in [0.3, 0.4) is 0 Å². The molecule has 3 nitrogen and oxygen atoms in total. The first-order valence-electron chi connectivity index (χ1n) is 4.84. The van der Waals surface area contributed by atoms with Crippen LogP contribution in [0, 0.1) is 0 Å². The Kier molecular flexibility index (Phi) is 5.18. The summed E-state index contributed by atoms with van der Waals surface area (Å²) >= 11 is 4.77. The van der Waals surface area contributed by atoms with Gasteiger partial charge in [-0.1, -0.05) is 26.1 Å². The van der Waals surface area contributed by atoms with Gasteiger partial charge in [0.1, 0.15) is 6.42 Å². The summed E-state index contributed by atoms with van der Waals surface area (Å²) in [4.78, 5) is 11.2. The quantitative estimate of drug-likeness (QED) is 0.739. The van der Waals surface area contributed by atoms with Gasteiger partial charge in [0.15, 0.2) is 0 Å². The number of hydrogen-bond donors (Lipinski definition) is 2. The molecule has 0 radical (unpaired) electrons. The summed E-state index contributed by atoms with van der Waals surface area (Å²) in [6, 6.07) is 0. The van der Waals surface area contributed by atoms with Crippen LogP contribution in [-0.4, -0.2) is 22.6 Å². The number of amides is 1. The van der Waals surface area contributed by atoms with Crippen molar-refractivity contribution in [3.8, 4) is 0 Å². The highest BCUT2D eigenvalue weighted by atomic mass is 32.1. The van der Waals surface area contributed by atoms with Crippen LogP contribution in [-0.2, 0) is 4.79 Å². The third-order valence-corrected chi connectivity index (χ3v) is 2.81. The molecule has 0 aromatic carbocycles. The van der Waals surface area contributed by atoms with Crippen LogP contribution in [0.2, 0.25) is 0 Å². The first kappa shape index (κ1) is 15.2. The van der Waals surface area contributed by atoms with Crippen LogP contribution in [0.15, 0.2) is 0 Å². The average molecular weight is 256 g/mol. The van der Waals surface area contributed by atoms with Crippen LogP contribution in [0.4, 0.5) is 13.2 Å². The predicted octanol–water partition coefficient (Wildman–Crippen LogP) is 1.90. The Labute approximate surface area is 97.6 Å². The Morgan fingerprint density at radius 2 is 1.75 bits per heavy atom. The Balaban J connectivity index is 4.66. The summed E-state index contributed by atoms with van der Waals surface area (Å²) in [7, 11) is 0. The van der Waals surface area contributed by atoms with Gasteiger partial charge in [-0.25, -0.2) is 0 Å². The monoisotopic (exact) mass is 256 g/mol. The average Bonchev–Trinajstić information content (AvgIpc) is 2.10. The Morgan fingerprint density at radius 1 is 1.31 bits per heavy atom. The van der Waals surface area contributed by atoms with Gasteiger partial charge in [0.2, 0.25) is 5.91 Å². The molecule has 0 fully saturated rings. The lowest BCUT2D eigenvalue weighted by Crippen LogP contribution is -2.56. The first-order valence-corrected chi connectivity index (χ1v) is 5.25. The number of rotatable bonds is 5. The van der Waals surface area contributed by atoms with E-state index in [1.54, 1.807) is 13.8 Å². The molecule has 3 N–H and O–H groups in total. The van der Waals surface area contributed by atoms with E-state index >= 15 is 0 Å². The molecule has 16 heavy (non-hydrogen) atoms. The van der Waals surface area contributed by atoms with E-state index in [-0.39, 0.29) is 4.99 Å². The van der Waals surface area contributed by atoms with Gasteiger partial charge >= 0.3 is 6.18 Å². The molecule has 0 aliphatic heterocycles. The number of thiocarbonyl (C=S) groups is 1. The van der Waals surface area contributed by atoms with Gasteiger partial charge in [0.05, 0.1) is 10.5 Å². The zero-order chi connectivity index (χ0) is 13.0. The molecule has 0 aliphatic rings. The summed E-state index contributed by atoms with van der Waals surface area (Å²) in [5, 5.41) is 2.26. The highest BCUT2D eigenvalue weighted by Gasteiger charge is 2.36. The molecule has 94 valence electrons. The number of nitrogens with one attached hydrogen (secondary N) is 1. The molecular weight excluding hydrogens is 241 g/mol. The molecule has 0 aliphatic carbocycles. The second kappa shape index (κ2) is 5.47. The molecule has 0 heterocycles. The van der Waals surface area contributed by atoms with Crippen LogP contribution in [0.25, 0.3) is 0 Å². The largest absolute Gasteiger partial charge is 0.397 e. The van der Waals surface area contributed by atoms with Gasteiger partial charge in [0.25, 0.3) is 0 Å². The Hall–Kier alpha value is -0.850. The minimum absolute atomic E-state index is 0.00743. The SMILES string of the molecule is CCC(CC)(NC(=O)CC(F)(F)F)C(N)=S. The lowest BCUT2D eigenvalue weighted by Gasteiger charge is -2.31. The maximum Gasteiger partial charge on any atom is 0.397 e. The molecule has 0 aromatic rings. The maximum atomic E-state index is 12.0. The third kappa shape index (κ3) is 4.34. The molecule has 0 bridgehead atoms. The molecule has 0 unspecified atom stereocenters. The summed E-state index contributed by atoms with van der Waals surface area (Å²) in [5.74, 6) is -1.11. The predicted molar refractivity (Wildman–Crippen MR) is 58.9 cm³/mol. The van der Waals surface area contributed by atoms with Gasteiger partial charge in [-0.05, 0) is 12.8 Å². The molecule has 0 saturated heterocycles. The summed E-state index contributed by atoms with van der Waals surface area (Å²) in [6.07, 6.45) is -5.31. The molecule has 0 rings (SSSR count). The van der Waals surface area contributed by atoms with E-state index in [9.17, 15) is 18.0 Å². The standard InChI is InChI=1S/C9H15F3N2OS/c1-3-8(4-2,7(13)16)14-6(15)5-9(10,11)12/h3-5H2,1-2H3,(H2,13,16)(H,14,15). The number of carbonyl (C=O) groups excluding carboxylic acids is 1. The summed E-state index contributed by atoms with van der Waals surface area (Å²) in [6.45, 7) is 3.41. The molecule has 0 spiro atoms. The lowest BCUT2D eigenvalue weighted by molar-refractivity contribution is -0.154. The van der Waals surface area contributed by atoms with E-state index in [4.69, 9.17) is 18.0 Å². The normalized spacial score (nSPS) is 12.3. The van der Waals surface area contributed by atoms with E-state index in [0.717, 1.165) is 0 Å². The fraction of sp³-hybridized carbons (Fsp3) is 0.778. The number of halogens is 3. The summed E-state index contributed by atoms with van der Waals surface area (Å²) < 4.78 is 35.9. The second-order valence-corrected chi connectivity index (χ2v) is 3.93. The first-order chi connectivity index (χ1) is 7.17. The zero-order valence-corrected chi connectivity index (χ0v) is 9.97. The fourth-order valence-electron chi connectivity index (χ4n) is 1.33. The van der Waals surface area contributed by atoms with E-state index in [2.05, 4.69) is 5.32 Å². The zero-order valence-electron chi connectivity index (χ0n) is 9.15. The molecule has 0 aromatic heterocycles. The van der Waals surface area contributed by atoms with Gasteiger partial charge < -0.3 is 11.1 Å². The highest BCUT2D eigenvalue weighted by Crippen LogP contribution is 2.21. The Morgan fingerprint density at radius 3 is 2.00 bits per heavy atom. The molecule has 0 atom stereocenters. The van der Waals surface area contributed by atoms with Crippen LogP contribution in [0.1, 0.15) is 33.1 Å². The number of carbonyl (C=O) groups is 1. The molecule has 0 saturated carbocycles. The van der Waals surface area contributed by atoms with Gasteiger partial charge in [0, 0.05) is 0 Å². The van der Waals surface area contributed by atoms with E-state index in [1.807, 2.05) is 0 Å². The van der Waals surface area contributed by atoms with Crippen molar-refractivity contribution < 1.29 is 18.0 Å². The minimum Gasteiger partial charge on any atom is -0.391 e. The Bertz CT molecular complexity index is 274. The van der Waals surface area contributed by atoms with Crippen LogP contribution >= 0.6 is 12.2 Å². The topological polar surface area (TPSA) is 55.1 Å². The smallest absolute Gasteiger partial charge is 0.391 e. The van der Waals surface area contributed by atoms with Crippen molar-refractivity contribution in [2.75, 3.05) is 0 Å². The number of alkyl halides is 3. The van der Waals surface area contributed by atoms with Crippen molar-refractivity contribution in [2.24, 2.45) is 5.73 Å². The van der Waals surface area contributed by atoms with Crippen LogP contribution in [0.5, 0.6) is 0 Å². The summed E-state index contributed by atoms with van der Waals surface area (Å²) in [5.41, 5.74) is 4.42. The maximum absolute atomic E-state index is 12.0. The van der Waals surface area contributed by atoms with Gasteiger partial charge in [-0.3, -0.25) is 4.79 Å². The minimum atomic E-state index is -4.52. The van der Waals surface area contributed by atoms with Crippen molar-refractivity contribution in [1.82, 2.24) is 5.32 Å². The molecular formula is C9H15F3N2OS.